The first kappa shape index (κ1) is 18.7. The van der Waals surface area contributed by atoms with E-state index in [1.165, 1.54) is 0 Å². The van der Waals surface area contributed by atoms with Crippen LogP contribution in [-0.2, 0) is 7.05 Å². The Morgan fingerprint density at radius 3 is 2.43 bits per heavy atom. The molecule has 2 rings (SSSR count). The number of halogens is 1. The van der Waals surface area contributed by atoms with Crippen molar-refractivity contribution >= 4 is 29.9 Å². The van der Waals surface area contributed by atoms with Crippen LogP contribution >= 0.6 is 12.4 Å². The molecule has 4 N–H and O–H groups in total. The molecule has 2 amide bonds. The lowest BCUT2D eigenvalue weighted by molar-refractivity contribution is 0.0955. The van der Waals surface area contributed by atoms with Crippen molar-refractivity contribution in [2.75, 3.05) is 18.4 Å². The smallest absolute Gasteiger partial charge is 0.272 e. The lowest BCUT2D eigenvalue weighted by Gasteiger charge is -2.11. The molecule has 0 unspecified atom stereocenters. The number of nitrogens with two attached hydrogens (primary N) is 1. The number of benzene rings is 1. The molecule has 0 saturated heterocycles. The Morgan fingerprint density at radius 2 is 1.83 bits per heavy atom. The van der Waals surface area contributed by atoms with E-state index < -0.39 is 0 Å². The third kappa shape index (κ3) is 4.34. The standard InChI is InChI=1S/C16H20N4O2.ClH/c1-11-7-8-14(20(11)2)16(22)19-13-6-4-3-5-12(13)15(21)18-10-9-17;/h3-8H,9-10,17H2,1-2H3,(H,18,21)(H,19,22);1H. The number of aryl methyl sites for hydroxylation is 1. The number of carbonyl (C=O) groups excluding carboxylic acids is 2. The Morgan fingerprint density at radius 1 is 1.13 bits per heavy atom. The molecule has 1 heterocycles. The van der Waals surface area contributed by atoms with Crippen LogP contribution in [0.15, 0.2) is 36.4 Å². The van der Waals surface area contributed by atoms with E-state index in [0.29, 0.717) is 30.0 Å². The molecule has 0 spiro atoms. The van der Waals surface area contributed by atoms with E-state index in [1.54, 1.807) is 34.9 Å². The van der Waals surface area contributed by atoms with Gasteiger partial charge in [0, 0.05) is 25.8 Å². The highest BCUT2D eigenvalue weighted by atomic mass is 35.5. The number of aromatic nitrogens is 1. The van der Waals surface area contributed by atoms with Crippen LogP contribution in [0.4, 0.5) is 5.69 Å². The summed E-state index contributed by atoms with van der Waals surface area (Å²) in [4.78, 5) is 24.4. The predicted octanol–water partition coefficient (Wildman–Crippen LogP) is 1.70. The van der Waals surface area contributed by atoms with Crippen LogP contribution in [0.5, 0.6) is 0 Å². The number of hydrogen-bond donors (Lipinski definition) is 3. The van der Waals surface area contributed by atoms with Crippen molar-refractivity contribution in [3.8, 4) is 0 Å². The van der Waals surface area contributed by atoms with Crippen LogP contribution in [0, 0.1) is 6.92 Å². The van der Waals surface area contributed by atoms with Gasteiger partial charge < -0.3 is 20.9 Å². The second-order valence-electron chi connectivity index (χ2n) is 4.96. The normalized spacial score (nSPS) is 9.87. The zero-order valence-corrected chi connectivity index (χ0v) is 13.9. The molecular formula is C16H21ClN4O2. The summed E-state index contributed by atoms with van der Waals surface area (Å²) in [7, 11) is 1.82. The Labute approximate surface area is 141 Å². The first-order valence-electron chi connectivity index (χ1n) is 7.05. The maximum atomic E-state index is 12.4. The van der Waals surface area contributed by atoms with Crippen LogP contribution in [0.25, 0.3) is 0 Å². The molecule has 0 fully saturated rings. The Kier molecular flexibility index (Phi) is 6.81. The van der Waals surface area contributed by atoms with Crippen molar-refractivity contribution in [3.63, 3.8) is 0 Å². The van der Waals surface area contributed by atoms with Crippen molar-refractivity contribution < 1.29 is 9.59 Å². The van der Waals surface area contributed by atoms with Gasteiger partial charge in [0.25, 0.3) is 11.8 Å². The minimum atomic E-state index is -0.260. The number of nitrogens with zero attached hydrogens (tertiary/aromatic N) is 1. The molecule has 1 aromatic heterocycles. The summed E-state index contributed by atoms with van der Waals surface area (Å²) >= 11 is 0. The van der Waals surface area contributed by atoms with Crippen LogP contribution in [-0.4, -0.2) is 29.5 Å². The highest BCUT2D eigenvalue weighted by Crippen LogP contribution is 2.17. The van der Waals surface area contributed by atoms with Crippen LogP contribution in [0.3, 0.4) is 0 Å². The van der Waals surface area contributed by atoms with Gasteiger partial charge in [-0.3, -0.25) is 9.59 Å². The van der Waals surface area contributed by atoms with Gasteiger partial charge in [-0.1, -0.05) is 12.1 Å². The zero-order valence-electron chi connectivity index (χ0n) is 13.1. The van der Waals surface area contributed by atoms with Crippen molar-refractivity contribution in [1.29, 1.82) is 0 Å². The van der Waals surface area contributed by atoms with E-state index in [-0.39, 0.29) is 24.2 Å². The monoisotopic (exact) mass is 336 g/mol. The Hall–Kier alpha value is -2.31. The molecule has 2 aromatic rings. The molecule has 0 radical (unpaired) electrons. The average molecular weight is 337 g/mol. The van der Waals surface area contributed by atoms with Crippen molar-refractivity contribution in [1.82, 2.24) is 9.88 Å². The van der Waals surface area contributed by atoms with Crippen molar-refractivity contribution in [3.05, 3.63) is 53.3 Å². The molecule has 0 saturated carbocycles. The number of carbonyl (C=O) groups is 2. The highest BCUT2D eigenvalue weighted by Gasteiger charge is 2.15. The van der Waals surface area contributed by atoms with Gasteiger partial charge in [0.15, 0.2) is 0 Å². The first-order chi connectivity index (χ1) is 10.5. The zero-order chi connectivity index (χ0) is 16.1. The first-order valence-corrected chi connectivity index (χ1v) is 7.05. The lowest BCUT2D eigenvalue weighted by atomic mass is 10.1. The maximum absolute atomic E-state index is 12.4. The third-order valence-electron chi connectivity index (χ3n) is 3.46. The lowest BCUT2D eigenvalue weighted by Crippen LogP contribution is -2.30. The van der Waals surface area contributed by atoms with Crippen LogP contribution in [0.1, 0.15) is 26.5 Å². The summed E-state index contributed by atoms with van der Waals surface area (Å²) in [5, 5.41) is 5.48. The molecule has 23 heavy (non-hydrogen) atoms. The van der Waals surface area contributed by atoms with E-state index in [1.807, 2.05) is 20.0 Å². The summed E-state index contributed by atoms with van der Waals surface area (Å²) in [6.07, 6.45) is 0. The summed E-state index contributed by atoms with van der Waals surface area (Å²) in [5.74, 6) is -0.515. The van der Waals surface area contributed by atoms with Gasteiger partial charge in [-0.05, 0) is 31.2 Å². The van der Waals surface area contributed by atoms with Gasteiger partial charge in [0.2, 0.25) is 0 Å². The SMILES string of the molecule is Cc1ccc(C(=O)Nc2ccccc2C(=O)NCCN)n1C.Cl. The summed E-state index contributed by atoms with van der Waals surface area (Å²) in [5.41, 5.74) is 7.79. The fourth-order valence-electron chi connectivity index (χ4n) is 2.10. The number of rotatable bonds is 5. The number of nitrogens with one attached hydrogen (secondary N) is 2. The second-order valence-corrected chi connectivity index (χ2v) is 4.96. The van der Waals surface area contributed by atoms with Crippen LogP contribution < -0.4 is 16.4 Å². The fraction of sp³-hybridized carbons (Fsp3) is 0.250. The predicted molar refractivity (Wildman–Crippen MR) is 93.2 cm³/mol. The number of para-hydroxylation sites is 1. The van der Waals surface area contributed by atoms with Crippen LogP contribution in [0.2, 0.25) is 0 Å². The molecular weight excluding hydrogens is 316 g/mol. The molecule has 0 aliphatic rings. The van der Waals surface area contributed by atoms with Gasteiger partial charge >= 0.3 is 0 Å². The summed E-state index contributed by atoms with van der Waals surface area (Å²) in [6.45, 7) is 2.67. The molecule has 0 aliphatic heterocycles. The van der Waals surface area contributed by atoms with Gasteiger partial charge in [0.05, 0.1) is 11.3 Å². The van der Waals surface area contributed by atoms with Gasteiger partial charge in [-0.2, -0.15) is 0 Å². The maximum Gasteiger partial charge on any atom is 0.272 e. The van der Waals surface area contributed by atoms with Gasteiger partial charge in [-0.15, -0.1) is 12.4 Å². The molecule has 7 heteroatoms. The summed E-state index contributed by atoms with van der Waals surface area (Å²) in [6, 6.07) is 10.5. The molecule has 124 valence electrons. The minimum absolute atomic E-state index is 0. The molecule has 0 aliphatic carbocycles. The minimum Gasteiger partial charge on any atom is -0.351 e. The number of amides is 2. The fourth-order valence-corrected chi connectivity index (χ4v) is 2.10. The van der Waals surface area contributed by atoms with E-state index in [4.69, 9.17) is 5.73 Å². The van der Waals surface area contributed by atoms with E-state index >= 15 is 0 Å². The molecule has 0 bridgehead atoms. The van der Waals surface area contributed by atoms with Gasteiger partial charge in [0.1, 0.15) is 5.69 Å². The van der Waals surface area contributed by atoms with E-state index in [0.717, 1.165) is 5.69 Å². The van der Waals surface area contributed by atoms with Crippen molar-refractivity contribution in [2.24, 2.45) is 12.8 Å². The van der Waals surface area contributed by atoms with E-state index in [2.05, 4.69) is 10.6 Å². The Balaban J connectivity index is 0.00000264. The largest absolute Gasteiger partial charge is 0.351 e. The third-order valence-corrected chi connectivity index (χ3v) is 3.46. The van der Waals surface area contributed by atoms with E-state index in [9.17, 15) is 9.59 Å². The Bertz CT molecular complexity index is 697. The second kappa shape index (κ2) is 8.36. The number of hydrogen-bond acceptors (Lipinski definition) is 3. The molecule has 0 atom stereocenters. The van der Waals surface area contributed by atoms with Gasteiger partial charge in [-0.25, -0.2) is 0 Å². The molecule has 1 aromatic carbocycles. The van der Waals surface area contributed by atoms with Crippen molar-refractivity contribution in [2.45, 2.75) is 6.92 Å². The summed E-state index contributed by atoms with van der Waals surface area (Å²) < 4.78 is 1.80. The average Bonchev–Trinajstić information content (AvgIpc) is 2.85. The molecule has 6 nitrogen and oxygen atoms in total. The topological polar surface area (TPSA) is 89.2 Å². The highest BCUT2D eigenvalue weighted by molar-refractivity contribution is 6.08. The quantitative estimate of drug-likeness (QED) is 0.776. The number of anilines is 1.